The van der Waals surface area contributed by atoms with Crippen LogP contribution in [-0.2, 0) is 0 Å². The van der Waals surface area contributed by atoms with Gasteiger partial charge in [-0.25, -0.2) is 4.98 Å². The summed E-state index contributed by atoms with van der Waals surface area (Å²) < 4.78 is 5.65. The smallest absolute Gasteiger partial charge is 0.234 e. The van der Waals surface area contributed by atoms with E-state index < -0.39 is 0 Å². The van der Waals surface area contributed by atoms with Gasteiger partial charge in [0.2, 0.25) is 5.88 Å². The number of hydrogen-bond donors (Lipinski definition) is 0. The molecule has 1 unspecified atom stereocenters. The quantitative estimate of drug-likeness (QED) is 0.459. The summed E-state index contributed by atoms with van der Waals surface area (Å²) in [6, 6.07) is 0. The molecule has 0 aliphatic heterocycles. The zero-order chi connectivity index (χ0) is 8.27. The van der Waals surface area contributed by atoms with E-state index >= 15 is 0 Å². The largest absolute Gasteiger partial charge is 0.463 e. The van der Waals surface area contributed by atoms with Crippen molar-refractivity contribution in [3.63, 3.8) is 0 Å². The first-order valence-corrected chi connectivity index (χ1v) is 5.20. The van der Waals surface area contributed by atoms with Gasteiger partial charge in [0, 0.05) is 6.20 Å². The first kappa shape index (κ1) is 9.23. The number of thioether (sulfide) groups is 1. The Bertz CT molecular complexity index is 260. The van der Waals surface area contributed by atoms with E-state index in [0.29, 0.717) is 11.0 Å². The molecule has 0 saturated heterocycles. The molecule has 60 valence electrons. The lowest BCUT2D eigenvalue weighted by atomic mass is 10.6. The molecular formula is C5H6BrN2OPS. The van der Waals surface area contributed by atoms with Crippen molar-refractivity contribution in [2.24, 2.45) is 0 Å². The Balaban J connectivity index is 3.02. The molecule has 3 nitrogen and oxygen atoms in total. The summed E-state index contributed by atoms with van der Waals surface area (Å²) in [6.45, 7) is 0. The van der Waals surface area contributed by atoms with Crippen LogP contribution >= 0.6 is 37.2 Å². The minimum atomic E-state index is 0.536. The molecule has 0 saturated carbocycles. The normalized spacial score (nSPS) is 9.73. The Labute approximate surface area is 79.8 Å². The van der Waals surface area contributed by atoms with Crippen LogP contribution in [0.25, 0.3) is 0 Å². The third-order valence-electron chi connectivity index (χ3n) is 0.984. The average Bonchev–Trinajstić information content (AvgIpc) is 2.05. The van der Waals surface area contributed by atoms with Gasteiger partial charge in [-0.1, -0.05) is 11.8 Å². The molecule has 1 aromatic rings. The van der Waals surface area contributed by atoms with Gasteiger partial charge in [0.25, 0.3) is 0 Å². The standard InChI is InChI=1S/C5H6BrN2OPS/c1-11-5-7-2-3(6)4(8-5)9-10/h2H,10H2,1H3. The number of halogens is 1. The molecule has 0 spiro atoms. The molecule has 11 heavy (non-hydrogen) atoms. The summed E-state index contributed by atoms with van der Waals surface area (Å²) in [5.74, 6) is 0.536. The van der Waals surface area contributed by atoms with E-state index in [9.17, 15) is 0 Å². The average molecular weight is 253 g/mol. The van der Waals surface area contributed by atoms with Gasteiger partial charge in [0.15, 0.2) is 5.16 Å². The first-order chi connectivity index (χ1) is 5.27. The van der Waals surface area contributed by atoms with Crippen molar-refractivity contribution in [2.75, 3.05) is 6.26 Å². The molecule has 1 rings (SSSR count). The minimum absolute atomic E-state index is 0.536. The molecule has 1 heterocycles. The summed E-state index contributed by atoms with van der Waals surface area (Å²) in [7, 11) is 2.14. The lowest BCUT2D eigenvalue weighted by Crippen LogP contribution is -1.88. The Kier molecular flexibility index (Phi) is 3.55. The highest BCUT2D eigenvalue weighted by atomic mass is 79.9. The Morgan fingerprint density at radius 1 is 1.73 bits per heavy atom. The third kappa shape index (κ3) is 2.29. The number of rotatable bonds is 2. The second-order valence-electron chi connectivity index (χ2n) is 1.63. The summed E-state index contributed by atoms with van der Waals surface area (Å²) in [6.07, 6.45) is 3.58. The van der Waals surface area contributed by atoms with Gasteiger partial charge in [-0.3, -0.25) is 0 Å². The fraction of sp³-hybridized carbons (Fsp3) is 0.200. The zero-order valence-electron chi connectivity index (χ0n) is 5.74. The third-order valence-corrected chi connectivity index (χ3v) is 2.31. The Hall–Kier alpha value is 0.140. The van der Waals surface area contributed by atoms with E-state index in [0.717, 1.165) is 4.47 Å². The van der Waals surface area contributed by atoms with Gasteiger partial charge in [-0.2, -0.15) is 4.98 Å². The predicted molar refractivity (Wildman–Crippen MR) is 51.9 cm³/mol. The van der Waals surface area contributed by atoms with Gasteiger partial charge in [-0.05, 0) is 22.2 Å². The summed E-state index contributed by atoms with van der Waals surface area (Å²) in [5, 5.41) is 0.700. The van der Waals surface area contributed by atoms with Crippen LogP contribution in [0.15, 0.2) is 15.8 Å². The topological polar surface area (TPSA) is 35.0 Å². The highest BCUT2D eigenvalue weighted by Gasteiger charge is 2.02. The zero-order valence-corrected chi connectivity index (χ0v) is 9.30. The van der Waals surface area contributed by atoms with Gasteiger partial charge in [0.1, 0.15) is 0 Å². The van der Waals surface area contributed by atoms with Crippen LogP contribution in [0, 0.1) is 0 Å². The molecule has 0 radical (unpaired) electrons. The maximum absolute atomic E-state index is 4.89. The van der Waals surface area contributed by atoms with Crippen molar-refractivity contribution in [1.29, 1.82) is 0 Å². The van der Waals surface area contributed by atoms with Crippen molar-refractivity contribution in [1.82, 2.24) is 9.97 Å². The maximum Gasteiger partial charge on any atom is 0.234 e. The number of aromatic nitrogens is 2. The molecule has 0 aliphatic rings. The maximum atomic E-state index is 4.89. The van der Waals surface area contributed by atoms with Gasteiger partial charge < -0.3 is 4.52 Å². The van der Waals surface area contributed by atoms with E-state index in [4.69, 9.17) is 4.52 Å². The lowest BCUT2D eigenvalue weighted by molar-refractivity contribution is 0.594. The lowest BCUT2D eigenvalue weighted by Gasteiger charge is -2.01. The molecule has 0 amide bonds. The van der Waals surface area contributed by atoms with Gasteiger partial charge >= 0.3 is 0 Å². The monoisotopic (exact) mass is 252 g/mol. The molecule has 1 aromatic heterocycles. The number of nitrogens with zero attached hydrogens (tertiary/aromatic N) is 2. The van der Waals surface area contributed by atoms with E-state index in [1.807, 2.05) is 6.26 Å². The molecular weight excluding hydrogens is 247 g/mol. The van der Waals surface area contributed by atoms with Crippen molar-refractivity contribution in [3.05, 3.63) is 10.7 Å². The highest BCUT2D eigenvalue weighted by Crippen LogP contribution is 2.24. The predicted octanol–water partition coefficient (Wildman–Crippen LogP) is 2.13. The molecule has 0 N–H and O–H groups in total. The second-order valence-corrected chi connectivity index (χ2v) is 3.49. The van der Waals surface area contributed by atoms with Crippen LogP contribution in [0.5, 0.6) is 5.88 Å². The van der Waals surface area contributed by atoms with Crippen LogP contribution in [0.1, 0.15) is 0 Å². The highest BCUT2D eigenvalue weighted by molar-refractivity contribution is 9.10. The first-order valence-electron chi connectivity index (χ1n) is 2.71. The van der Waals surface area contributed by atoms with Crippen LogP contribution < -0.4 is 4.52 Å². The van der Waals surface area contributed by atoms with Crippen molar-refractivity contribution >= 4 is 37.2 Å². The van der Waals surface area contributed by atoms with Crippen molar-refractivity contribution in [3.8, 4) is 5.88 Å². The molecule has 0 fully saturated rings. The number of hydrogen-bond acceptors (Lipinski definition) is 4. The minimum Gasteiger partial charge on any atom is -0.463 e. The summed E-state index contributed by atoms with van der Waals surface area (Å²) >= 11 is 4.72. The molecule has 0 bridgehead atoms. The molecule has 1 atom stereocenters. The van der Waals surface area contributed by atoms with Crippen molar-refractivity contribution < 1.29 is 4.52 Å². The van der Waals surface area contributed by atoms with E-state index in [2.05, 4.69) is 35.4 Å². The van der Waals surface area contributed by atoms with Crippen LogP contribution in [0.2, 0.25) is 0 Å². The Morgan fingerprint density at radius 2 is 2.45 bits per heavy atom. The second kappa shape index (κ2) is 4.24. The summed E-state index contributed by atoms with van der Waals surface area (Å²) in [5.41, 5.74) is 0. The molecule has 6 heteroatoms. The van der Waals surface area contributed by atoms with E-state index in [1.54, 1.807) is 6.20 Å². The van der Waals surface area contributed by atoms with Crippen LogP contribution in [0.4, 0.5) is 0 Å². The Morgan fingerprint density at radius 3 is 3.00 bits per heavy atom. The van der Waals surface area contributed by atoms with Gasteiger partial charge in [-0.15, -0.1) is 0 Å². The summed E-state index contributed by atoms with van der Waals surface area (Å²) in [4.78, 5) is 8.09. The SMILES string of the molecule is CSc1ncc(Br)c(OP)n1. The fourth-order valence-corrected chi connectivity index (χ4v) is 1.49. The molecule has 0 aliphatic carbocycles. The van der Waals surface area contributed by atoms with Crippen LogP contribution in [-0.4, -0.2) is 16.2 Å². The van der Waals surface area contributed by atoms with Gasteiger partial charge in [0.05, 0.1) is 13.9 Å². The van der Waals surface area contributed by atoms with Crippen LogP contribution in [0.3, 0.4) is 0 Å². The van der Waals surface area contributed by atoms with Crippen molar-refractivity contribution in [2.45, 2.75) is 5.16 Å². The van der Waals surface area contributed by atoms with E-state index in [1.165, 1.54) is 11.8 Å². The van der Waals surface area contributed by atoms with E-state index in [-0.39, 0.29) is 0 Å². The fourth-order valence-electron chi connectivity index (χ4n) is 0.517. The molecule has 0 aromatic carbocycles.